The topological polar surface area (TPSA) is 37.3 Å². The molecule has 0 unspecified atom stereocenters. The Morgan fingerprint density at radius 3 is 1.68 bits per heavy atom. The SMILES string of the molecule is CCCCCCCCC=CCCCCCCCC(=O)O.[Ca+2].[H-].[H-].[H-].[H-].[Mg+2]. The molecule has 0 radical (unpaired) electrons. The van der Waals surface area contributed by atoms with Gasteiger partial charge in [-0.1, -0.05) is 70.4 Å². The monoisotopic (exact) mass is 350 g/mol. The van der Waals surface area contributed by atoms with E-state index in [0.717, 1.165) is 12.8 Å². The standard InChI is InChI=1S/C18H34O2.Ca.Mg.4H/c1-2-3-4-5-6-7-8-9-10-11-12-13-14-15-16-17-18(19)20;;;;;;/h9-10H,2-8,11-17H2,1H3,(H,19,20);;;;;;/q;2*+2;4*-1. The van der Waals surface area contributed by atoms with Crippen LogP contribution in [-0.4, -0.2) is 71.9 Å². The van der Waals surface area contributed by atoms with E-state index >= 15 is 0 Å². The molecule has 0 rings (SSSR count). The Kier molecular flexibility index (Phi) is 31.2. The van der Waals surface area contributed by atoms with E-state index in [-0.39, 0.29) is 66.5 Å². The van der Waals surface area contributed by atoms with E-state index in [4.69, 9.17) is 5.11 Å². The molecule has 0 bridgehead atoms. The maximum Gasteiger partial charge on any atom is 2.00 e. The third kappa shape index (κ3) is 26.1. The van der Waals surface area contributed by atoms with Crippen LogP contribution in [0.15, 0.2) is 12.2 Å². The zero-order valence-electron chi connectivity index (χ0n) is 18.8. The maximum absolute atomic E-state index is 10.3. The number of allylic oxidation sites excluding steroid dienone is 2. The molecule has 4 heteroatoms. The van der Waals surface area contributed by atoms with E-state index in [1.54, 1.807) is 0 Å². The van der Waals surface area contributed by atoms with Crippen LogP contribution in [-0.2, 0) is 4.79 Å². The Balaban J connectivity index is -0.000000120. The van der Waals surface area contributed by atoms with Crippen molar-refractivity contribution >= 4 is 66.8 Å². The van der Waals surface area contributed by atoms with Crippen LogP contribution >= 0.6 is 0 Å². The summed E-state index contributed by atoms with van der Waals surface area (Å²) < 4.78 is 0. The second-order valence-corrected chi connectivity index (χ2v) is 5.73. The Bertz CT molecular complexity index is 261. The fraction of sp³-hybridized carbons (Fsp3) is 0.833. The van der Waals surface area contributed by atoms with Crippen molar-refractivity contribution in [2.45, 2.75) is 96.8 Å². The first kappa shape index (κ1) is 28.1. The van der Waals surface area contributed by atoms with Gasteiger partial charge in [-0.3, -0.25) is 4.79 Å². The van der Waals surface area contributed by atoms with Crippen molar-refractivity contribution < 1.29 is 15.6 Å². The molecule has 0 aromatic rings. The van der Waals surface area contributed by atoms with Crippen LogP contribution in [0.3, 0.4) is 0 Å². The maximum atomic E-state index is 10.3. The van der Waals surface area contributed by atoms with Gasteiger partial charge in [-0.15, -0.1) is 0 Å². The predicted octanol–water partition coefficient (Wildman–Crippen LogP) is 5.80. The Hall–Kier alpha value is 1.24. The molecule has 0 aliphatic heterocycles. The second-order valence-electron chi connectivity index (χ2n) is 5.73. The first-order valence-corrected chi connectivity index (χ1v) is 8.64. The number of hydrogen-bond acceptors (Lipinski definition) is 1. The van der Waals surface area contributed by atoms with Gasteiger partial charge >= 0.3 is 66.8 Å². The molecule has 0 aliphatic rings. The number of hydrogen-bond donors (Lipinski definition) is 1. The molecule has 1 N–H and O–H groups in total. The van der Waals surface area contributed by atoms with Crippen LogP contribution in [0.5, 0.6) is 0 Å². The van der Waals surface area contributed by atoms with E-state index < -0.39 is 5.97 Å². The van der Waals surface area contributed by atoms with Crippen molar-refractivity contribution in [2.75, 3.05) is 0 Å². The van der Waals surface area contributed by atoms with Gasteiger partial charge in [0.1, 0.15) is 0 Å². The van der Waals surface area contributed by atoms with Gasteiger partial charge < -0.3 is 10.8 Å². The van der Waals surface area contributed by atoms with Crippen molar-refractivity contribution in [3.63, 3.8) is 0 Å². The molecule has 2 nitrogen and oxygen atoms in total. The van der Waals surface area contributed by atoms with Crippen LogP contribution in [0.1, 0.15) is 103 Å². The minimum Gasteiger partial charge on any atom is -1.00 e. The smallest absolute Gasteiger partial charge is 1.00 e. The van der Waals surface area contributed by atoms with Gasteiger partial charge in [-0.25, -0.2) is 0 Å². The third-order valence-corrected chi connectivity index (χ3v) is 3.65. The summed E-state index contributed by atoms with van der Waals surface area (Å²) in [4.78, 5) is 10.3. The molecule has 0 aromatic heterocycles. The normalized spacial score (nSPS) is 10.2. The molecule has 0 atom stereocenters. The van der Waals surface area contributed by atoms with Gasteiger partial charge in [0.2, 0.25) is 0 Å². The Morgan fingerprint density at radius 2 is 1.23 bits per heavy atom. The zero-order valence-corrected chi connectivity index (χ0v) is 18.4. The van der Waals surface area contributed by atoms with E-state index in [2.05, 4.69) is 19.1 Å². The minimum atomic E-state index is -0.664. The largest absolute Gasteiger partial charge is 2.00 e. The second kappa shape index (κ2) is 24.5. The van der Waals surface area contributed by atoms with Gasteiger partial charge in [0.15, 0.2) is 0 Å². The van der Waals surface area contributed by atoms with Gasteiger partial charge in [0, 0.05) is 6.42 Å². The zero-order chi connectivity index (χ0) is 14.9. The summed E-state index contributed by atoms with van der Waals surface area (Å²) in [5, 5.41) is 8.51. The van der Waals surface area contributed by atoms with E-state index in [1.165, 1.54) is 70.6 Å². The van der Waals surface area contributed by atoms with Crippen molar-refractivity contribution in [1.82, 2.24) is 0 Å². The molecule has 0 heterocycles. The van der Waals surface area contributed by atoms with Crippen molar-refractivity contribution in [3.8, 4) is 0 Å². The van der Waals surface area contributed by atoms with Crippen molar-refractivity contribution in [1.29, 1.82) is 0 Å². The van der Waals surface area contributed by atoms with Gasteiger partial charge in [0.05, 0.1) is 0 Å². The summed E-state index contributed by atoms with van der Waals surface area (Å²) in [5.41, 5.74) is 0. The third-order valence-electron chi connectivity index (χ3n) is 3.65. The molecular weight excluding hydrogens is 313 g/mol. The fourth-order valence-electron chi connectivity index (χ4n) is 2.35. The summed E-state index contributed by atoms with van der Waals surface area (Å²) in [7, 11) is 0. The number of carboxylic acid groups (broad SMARTS) is 1. The van der Waals surface area contributed by atoms with Crippen LogP contribution in [0.2, 0.25) is 0 Å². The quantitative estimate of drug-likeness (QED) is 0.230. The van der Waals surface area contributed by atoms with Gasteiger partial charge in [-0.2, -0.15) is 0 Å². The molecule has 126 valence electrons. The number of carbonyl (C=O) groups is 1. The first-order chi connectivity index (χ1) is 9.77. The summed E-state index contributed by atoms with van der Waals surface area (Å²) in [6.07, 6.45) is 21.2. The molecule has 0 fully saturated rings. The van der Waals surface area contributed by atoms with Gasteiger partial charge in [0.25, 0.3) is 0 Å². The molecular formula is C18H38CaMgO2. The number of carboxylic acids is 1. The summed E-state index contributed by atoms with van der Waals surface area (Å²) in [5.74, 6) is -0.664. The first-order valence-electron chi connectivity index (χ1n) is 8.64. The van der Waals surface area contributed by atoms with Crippen LogP contribution in [0.4, 0.5) is 0 Å². The summed E-state index contributed by atoms with van der Waals surface area (Å²) in [6.45, 7) is 2.26. The predicted molar refractivity (Wildman–Crippen MR) is 103 cm³/mol. The molecule has 0 saturated carbocycles. The number of rotatable bonds is 15. The fourth-order valence-corrected chi connectivity index (χ4v) is 2.35. The molecule has 0 aliphatic carbocycles. The van der Waals surface area contributed by atoms with Gasteiger partial charge in [-0.05, 0) is 32.1 Å². The molecule has 0 aromatic carbocycles. The van der Waals surface area contributed by atoms with E-state index in [1.807, 2.05) is 0 Å². The van der Waals surface area contributed by atoms with E-state index in [0.29, 0.717) is 6.42 Å². The molecule has 0 saturated heterocycles. The van der Waals surface area contributed by atoms with Crippen molar-refractivity contribution in [3.05, 3.63) is 12.2 Å². The van der Waals surface area contributed by atoms with E-state index in [9.17, 15) is 4.79 Å². The summed E-state index contributed by atoms with van der Waals surface area (Å²) >= 11 is 0. The Morgan fingerprint density at radius 1 is 0.818 bits per heavy atom. The van der Waals surface area contributed by atoms with Crippen LogP contribution in [0.25, 0.3) is 0 Å². The van der Waals surface area contributed by atoms with Crippen molar-refractivity contribution in [2.24, 2.45) is 0 Å². The summed E-state index contributed by atoms with van der Waals surface area (Å²) in [6, 6.07) is 0. The molecule has 0 amide bonds. The minimum absolute atomic E-state index is 0. The molecule has 22 heavy (non-hydrogen) atoms. The Labute approximate surface area is 190 Å². The van der Waals surface area contributed by atoms with Crippen LogP contribution in [0, 0.1) is 0 Å². The number of aliphatic carboxylic acids is 1. The average Bonchev–Trinajstić information content (AvgIpc) is 2.43. The average molecular weight is 351 g/mol. The number of unbranched alkanes of at least 4 members (excludes halogenated alkanes) is 11. The van der Waals surface area contributed by atoms with Crippen LogP contribution < -0.4 is 0 Å². The molecule has 0 spiro atoms.